The lowest BCUT2D eigenvalue weighted by Gasteiger charge is -2.57. The highest BCUT2D eigenvalue weighted by atomic mass is 35.5. The minimum Gasteiger partial charge on any atom is -0.442 e. The summed E-state index contributed by atoms with van der Waals surface area (Å²) in [6.07, 6.45) is 0. The Hall–Kier alpha value is -3.45. The number of carbonyl (C=O) groups excluding carboxylic acids is 6. The van der Waals surface area contributed by atoms with Crippen molar-refractivity contribution in [2.75, 3.05) is 12.5 Å². The third-order valence-corrected chi connectivity index (χ3v) is 9.44. The van der Waals surface area contributed by atoms with E-state index in [-0.39, 0.29) is 38.1 Å². The monoisotopic (exact) mass is 589 g/mol. The van der Waals surface area contributed by atoms with Gasteiger partial charge in [0.15, 0.2) is 12.8 Å². The van der Waals surface area contributed by atoms with Crippen LogP contribution in [0.5, 0.6) is 0 Å². The number of aliphatic hydroxyl groups is 1. The van der Waals surface area contributed by atoms with E-state index in [0.29, 0.717) is 0 Å². The van der Waals surface area contributed by atoms with E-state index in [0.717, 1.165) is 26.5 Å². The first-order valence-electron chi connectivity index (χ1n) is 11.6. The molecule has 4 atom stereocenters. The number of amides is 5. The van der Waals surface area contributed by atoms with Crippen LogP contribution in [0.3, 0.4) is 0 Å². The van der Waals surface area contributed by atoms with Crippen molar-refractivity contribution in [2.24, 2.45) is 0 Å². The van der Waals surface area contributed by atoms with Crippen molar-refractivity contribution in [1.29, 1.82) is 0 Å². The molecule has 11 nitrogen and oxygen atoms in total. The lowest BCUT2D eigenvalue weighted by atomic mass is 9.90. The van der Waals surface area contributed by atoms with Crippen LogP contribution < -0.4 is 0 Å². The van der Waals surface area contributed by atoms with Crippen LogP contribution in [0.1, 0.15) is 48.4 Å². The van der Waals surface area contributed by atoms with Gasteiger partial charge in [-0.15, -0.1) is 11.8 Å². The van der Waals surface area contributed by atoms with Crippen molar-refractivity contribution in [3.05, 3.63) is 68.7 Å². The van der Waals surface area contributed by atoms with Crippen LogP contribution in [0.4, 0.5) is 0 Å². The lowest BCUT2D eigenvalue weighted by molar-refractivity contribution is -0.181. The predicted octanol–water partition coefficient (Wildman–Crippen LogP) is 1.79. The average molecular weight is 590 g/mol. The molecular weight excluding hydrogens is 573 g/mol. The first-order valence-corrected chi connectivity index (χ1v) is 13.4. The van der Waals surface area contributed by atoms with Gasteiger partial charge in [-0.1, -0.05) is 35.3 Å². The summed E-state index contributed by atoms with van der Waals surface area (Å²) < 4.78 is 5.26. The molecule has 200 valence electrons. The van der Waals surface area contributed by atoms with Crippen LogP contribution >= 0.6 is 35.0 Å². The van der Waals surface area contributed by atoms with Crippen LogP contribution in [-0.4, -0.2) is 90.9 Å². The largest absolute Gasteiger partial charge is 0.442 e. The number of halogens is 2. The van der Waals surface area contributed by atoms with Crippen LogP contribution in [0, 0.1) is 0 Å². The van der Waals surface area contributed by atoms with Gasteiger partial charge >= 0.3 is 5.97 Å². The van der Waals surface area contributed by atoms with Crippen LogP contribution in [-0.2, 0) is 14.3 Å². The predicted molar refractivity (Wildman–Crippen MR) is 136 cm³/mol. The third-order valence-electron chi connectivity index (χ3n) is 7.14. The smallest absolute Gasteiger partial charge is 0.333 e. The highest BCUT2D eigenvalue weighted by Crippen LogP contribution is 2.46. The molecule has 4 heterocycles. The number of benzene rings is 2. The molecule has 0 spiro atoms. The Morgan fingerprint density at radius 1 is 0.974 bits per heavy atom. The van der Waals surface area contributed by atoms with Crippen LogP contribution in [0.15, 0.2) is 36.4 Å². The molecule has 4 aliphatic heterocycles. The molecule has 0 aromatic heterocycles. The van der Waals surface area contributed by atoms with Gasteiger partial charge in [0.1, 0.15) is 17.0 Å². The maximum atomic E-state index is 13.4. The molecule has 14 heteroatoms. The van der Waals surface area contributed by atoms with E-state index in [2.05, 4.69) is 0 Å². The standard InChI is InChI=1S/C25H17Cl2N3O8S/c1-25(37)8-39-23-16(29-20(33)12-6-14(26)15(27)7-13(12)21(29)34)22(35)30(23)17(25)24(36)38-9-28-18(31)10-4-2-3-5-11(10)19(28)32/h2-7,16-17,23,37H,8-9H2,1H3/t16?,17?,23-,25+/m0/s1. The van der Waals surface area contributed by atoms with Crippen molar-refractivity contribution < 1.29 is 38.6 Å². The second-order valence-corrected chi connectivity index (χ2v) is 11.5. The van der Waals surface area contributed by atoms with Crippen molar-refractivity contribution in [3.63, 3.8) is 0 Å². The summed E-state index contributed by atoms with van der Waals surface area (Å²) in [5.41, 5.74) is -1.40. The van der Waals surface area contributed by atoms with Crippen molar-refractivity contribution >= 4 is 70.5 Å². The maximum absolute atomic E-state index is 13.4. The Balaban J connectivity index is 1.21. The van der Waals surface area contributed by atoms with E-state index in [1.165, 1.54) is 31.2 Å². The third kappa shape index (κ3) is 3.62. The molecule has 4 aliphatic rings. The van der Waals surface area contributed by atoms with E-state index in [1.807, 2.05) is 0 Å². The van der Waals surface area contributed by atoms with Gasteiger partial charge in [-0.2, -0.15) is 0 Å². The molecule has 2 fully saturated rings. The SMILES string of the molecule is C[C@@]1(O)CS[C@H]2C(N3C(=O)c4cc(Cl)c(Cl)cc4C3=O)C(=O)N2C1C(=O)OCN1C(=O)c2ccccc2C1=O. The molecule has 2 aromatic carbocycles. The van der Waals surface area contributed by atoms with Gasteiger partial charge in [-0.05, 0) is 31.2 Å². The zero-order valence-corrected chi connectivity index (χ0v) is 22.2. The summed E-state index contributed by atoms with van der Waals surface area (Å²) in [6.45, 7) is 0.623. The van der Waals surface area contributed by atoms with Gasteiger partial charge < -0.3 is 14.7 Å². The number of carbonyl (C=O) groups is 6. The van der Waals surface area contributed by atoms with E-state index >= 15 is 0 Å². The van der Waals surface area contributed by atoms with Crippen LogP contribution in [0.2, 0.25) is 10.0 Å². The van der Waals surface area contributed by atoms with E-state index in [1.54, 1.807) is 12.1 Å². The fraction of sp³-hybridized carbons (Fsp3) is 0.280. The van der Waals surface area contributed by atoms with E-state index in [9.17, 15) is 33.9 Å². The number of esters is 1. The molecule has 5 amide bonds. The zero-order valence-electron chi connectivity index (χ0n) is 19.9. The summed E-state index contributed by atoms with van der Waals surface area (Å²) in [6, 6.07) is 5.93. The minimum atomic E-state index is -1.75. The molecular formula is C25H17Cl2N3O8S. The average Bonchev–Trinajstić information content (AvgIpc) is 3.27. The fourth-order valence-electron chi connectivity index (χ4n) is 5.22. The molecule has 2 saturated heterocycles. The summed E-state index contributed by atoms with van der Waals surface area (Å²) in [5.74, 6) is -4.57. The molecule has 0 saturated carbocycles. The number of thioether (sulfide) groups is 1. The number of nitrogens with zero attached hydrogens (tertiary/aromatic N) is 3. The number of hydrogen-bond acceptors (Lipinski definition) is 9. The molecule has 0 radical (unpaired) electrons. The van der Waals surface area contributed by atoms with E-state index < -0.39 is 65.3 Å². The first kappa shape index (κ1) is 25.8. The lowest BCUT2D eigenvalue weighted by Crippen LogP contribution is -2.79. The number of β-lactam (4-membered cyclic amide) rings is 1. The fourth-order valence-corrected chi connectivity index (χ4v) is 7.02. The van der Waals surface area contributed by atoms with Gasteiger partial charge in [-0.3, -0.25) is 28.9 Å². The number of ether oxygens (including phenoxy) is 1. The number of rotatable bonds is 4. The Labute approximate surface area is 234 Å². The molecule has 0 aliphatic carbocycles. The highest BCUT2D eigenvalue weighted by molar-refractivity contribution is 8.00. The summed E-state index contributed by atoms with van der Waals surface area (Å²) in [7, 11) is 0. The zero-order chi connectivity index (χ0) is 28.0. The number of fused-ring (bicyclic) bond motifs is 3. The second-order valence-electron chi connectivity index (χ2n) is 9.62. The minimum absolute atomic E-state index is 0.00496. The van der Waals surface area contributed by atoms with Crippen molar-refractivity contribution in [3.8, 4) is 0 Å². The molecule has 1 N–H and O–H groups in total. The quantitative estimate of drug-likeness (QED) is 0.321. The molecule has 2 aromatic rings. The van der Waals surface area contributed by atoms with Crippen LogP contribution in [0.25, 0.3) is 0 Å². The summed E-state index contributed by atoms with van der Waals surface area (Å²) >= 11 is 13.1. The Morgan fingerprint density at radius 3 is 2.05 bits per heavy atom. The molecule has 6 rings (SSSR count). The molecule has 2 unspecified atom stereocenters. The molecule has 39 heavy (non-hydrogen) atoms. The normalized spacial score (nSPS) is 27.4. The van der Waals surface area contributed by atoms with Crippen molar-refractivity contribution in [1.82, 2.24) is 14.7 Å². The van der Waals surface area contributed by atoms with Gasteiger partial charge in [0.05, 0.1) is 32.3 Å². The van der Waals surface area contributed by atoms with Gasteiger partial charge in [-0.25, -0.2) is 9.69 Å². The number of hydrogen-bond donors (Lipinski definition) is 1. The topological polar surface area (TPSA) is 142 Å². The van der Waals surface area contributed by atoms with E-state index in [4.69, 9.17) is 27.9 Å². The second kappa shape index (κ2) is 8.78. The first-order chi connectivity index (χ1) is 18.4. The Kier molecular flexibility index (Phi) is 5.81. The number of imide groups is 2. The van der Waals surface area contributed by atoms with Gasteiger partial charge in [0.2, 0.25) is 0 Å². The summed E-state index contributed by atoms with van der Waals surface area (Å²) in [5, 5.41) is 10.3. The Morgan fingerprint density at radius 2 is 1.51 bits per heavy atom. The van der Waals surface area contributed by atoms with Gasteiger partial charge in [0, 0.05) is 5.75 Å². The maximum Gasteiger partial charge on any atom is 0.333 e. The van der Waals surface area contributed by atoms with Gasteiger partial charge in [0.25, 0.3) is 29.5 Å². The molecule has 0 bridgehead atoms. The highest BCUT2D eigenvalue weighted by Gasteiger charge is 2.65. The summed E-state index contributed by atoms with van der Waals surface area (Å²) in [4.78, 5) is 80.5. The van der Waals surface area contributed by atoms with Crippen molar-refractivity contribution in [2.45, 2.75) is 30.0 Å². The Bertz CT molecular complexity index is 1470.